The Morgan fingerprint density at radius 3 is 2.63 bits per heavy atom. The van der Waals surface area contributed by atoms with Crippen molar-refractivity contribution in [2.75, 3.05) is 29.4 Å². The second-order valence-corrected chi connectivity index (χ2v) is 5.91. The third kappa shape index (κ3) is 4.13. The molecule has 0 heterocycles. The van der Waals surface area contributed by atoms with Gasteiger partial charge in [-0.25, -0.2) is 8.42 Å². The number of benzene rings is 1. The van der Waals surface area contributed by atoms with Crippen LogP contribution >= 0.6 is 0 Å². The van der Waals surface area contributed by atoms with Gasteiger partial charge in [0.1, 0.15) is 0 Å². The average molecular weight is 286 g/mol. The Labute approximate surface area is 113 Å². The molecule has 7 heteroatoms. The number of nitrogen functional groups attached to an aromatic ring is 1. The van der Waals surface area contributed by atoms with Gasteiger partial charge in [-0.2, -0.15) is 0 Å². The third-order valence-corrected chi connectivity index (χ3v) is 4.43. The monoisotopic (exact) mass is 286 g/mol. The Morgan fingerprint density at radius 2 is 2.11 bits per heavy atom. The summed E-state index contributed by atoms with van der Waals surface area (Å²) in [4.78, 5) is 11.0. The minimum atomic E-state index is -3.57. The predicted octanol–water partition coefficient (Wildman–Crippen LogP) is 0.988. The molecule has 0 aromatic heterocycles. The van der Waals surface area contributed by atoms with Crippen molar-refractivity contribution in [2.45, 2.75) is 13.3 Å². The average Bonchev–Trinajstić information content (AvgIpc) is 2.36. The number of anilines is 2. The van der Waals surface area contributed by atoms with Crippen LogP contribution in [0.1, 0.15) is 13.3 Å². The van der Waals surface area contributed by atoms with Crippen LogP contribution in [0.25, 0.3) is 0 Å². The summed E-state index contributed by atoms with van der Waals surface area (Å²) in [5.74, 6) is -0.838. The van der Waals surface area contributed by atoms with Crippen LogP contribution in [0.15, 0.2) is 24.3 Å². The number of carbonyl (C=O) groups excluding carboxylic acids is 1. The van der Waals surface area contributed by atoms with Crippen LogP contribution in [-0.4, -0.2) is 33.8 Å². The van der Waals surface area contributed by atoms with Gasteiger partial charge in [-0.3, -0.25) is 9.10 Å². The van der Waals surface area contributed by atoms with Gasteiger partial charge >= 0.3 is 5.97 Å². The Bertz CT molecular complexity index is 542. The van der Waals surface area contributed by atoms with Crippen molar-refractivity contribution in [1.82, 2.24) is 0 Å². The molecule has 0 bridgehead atoms. The summed E-state index contributed by atoms with van der Waals surface area (Å²) in [7, 11) is -2.34. The van der Waals surface area contributed by atoms with Gasteiger partial charge in [0.2, 0.25) is 10.0 Å². The first-order chi connectivity index (χ1) is 8.90. The Balaban J connectivity index is 2.92. The van der Waals surface area contributed by atoms with Crippen LogP contribution in [0.2, 0.25) is 0 Å². The molecule has 0 radical (unpaired) electrons. The van der Waals surface area contributed by atoms with E-state index in [0.29, 0.717) is 11.4 Å². The van der Waals surface area contributed by atoms with Crippen LogP contribution < -0.4 is 10.0 Å². The first-order valence-corrected chi connectivity index (χ1v) is 7.44. The molecule has 6 nitrogen and oxygen atoms in total. The molecule has 1 rings (SSSR count). The number of nitrogens with two attached hydrogens (primary N) is 1. The van der Waals surface area contributed by atoms with Gasteiger partial charge in [0.15, 0.2) is 0 Å². The molecular formula is C12H18N2O4S. The van der Waals surface area contributed by atoms with Crippen LogP contribution in [0, 0.1) is 0 Å². The molecule has 1 aromatic rings. The summed E-state index contributed by atoms with van der Waals surface area (Å²) in [6, 6.07) is 6.61. The zero-order chi connectivity index (χ0) is 14.5. The normalized spacial score (nSPS) is 11.1. The molecule has 1 aromatic carbocycles. The van der Waals surface area contributed by atoms with Crippen molar-refractivity contribution in [2.24, 2.45) is 0 Å². The molecule has 0 spiro atoms. The third-order valence-electron chi connectivity index (χ3n) is 2.57. The number of rotatable bonds is 6. The number of nitrogens with zero attached hydrogens (tertiary/aromatic N) is 1. The van der Waals surface area contributed by atoms with Crippen molar-refractivity contribution in [3.63, 3.8) is 0 Å². The van der Waals surface area contributed by atoms with Gasteiger partial charge in [-0.15, -0.1) is 0 Å². The summed E-state index contributed by atoms with van der Waals surface area (Å²) in [5, 5.41) is 0. The van der Waals surface area contributed by atoms with Crippen LogP contribution in [0.3, 0.4) is 0 Å². The second kappa shape index (κ2) is 6.42. The van der Waals surface area contributed by atoms with E-state index in [1.165, 1.54) is 11.4 Å². The highest BCUT2D eigenvalue weighted by Gasteiger charge is 2.22. The number of ether oxygens (including phenoxy) is 1. The number of sulfonamides is 1. The van der Waals surface area contributed by atoms with Crippen molar-refractivity contribution in [3.8, 4) is 0 Å². The number of methoxy groups -OCH3 is 1. The zero-order valence-electron chi connectivity index (χ0n) is 11.0. The number of esters is 1. The van der Waals surface area contributed by atoms with Gasteiger partial charge in [0.25, 0.3) is 0 Å². The lowest BCUT2D eigenvalue weighted by atomic mass is 10.3. The van der Waals surface area contributed by atoms with E-state index in [1.807, 2.05) is 0 Å². The summed E-state index contributed by atoms with van der Waals surface area (Å²) in [6.07, 6.45) is -0.169. The molecule has 106 valence electrons. The summed E-state index contributed by atoms with van der Waals surface area (Å²) in [6.45, 7) is 1.99. The Hall–Kier alpha value is -1.76. The molecule has 0 aliphatic carbocycles. The summed E-state index contributed by atoms with van der Waals surface area (Å²) < 4.78 is 30.0. The van der Waals surface area contributed by atoms with Crippen LogP contribution in [0.5, 0.6) is 0 Å². The highest BCUT2D eigenvalue weighted by Crippen LogP contribution is 2.21. The molecule has 0 saturated heterocycles. The van der Waals surface area contributed by atoms with E-state index in [4.69, 9.17) is 5.73 Å². The molecule has 0 unspecified atom stereocenters. The Morgan fingerprint density at radius 1 is 1.42 bits per heavy atom. The van der Waals surface area contributed by atoms with Crippen molar-refractivity contribution >= 4 is 27.4 Å². The van der Waals surface area contributed by atoms with Gasteiger partial charge in [-0.1, -0.05) is 6.07 Å². The fourth-order valence-corrected chi connectivity index (χ4v) is 3.12. The molecule has 2 N–H and O–H groups in total. The van der Waals surface area contributed by atoms with Crippen molar-refractivity contribution in [3.05, 3.63) is 24.3 Å². The standard InChI is InChI=1S/C12H18N2O4S/c1-3-14(11-6-4-5-10(13)9-11)19(16,17)8-7-12(15)18-2/h4-6,9H,3,7-8,13H2,1-2H3. The number of hydrogen-bond donors (Lipinski definition) is 1. The van der Waals surface area contributed by atoms with Crippen LogP contribution in [0.4, 0.5) is 11.4 Å². The van der Waals surface area contributed by atoms with Gasteiger partial charge in [0, 0.05) is 12.2 Å². The topological polar surface area (TPSA) is 89.7 Å². The van der Waals surface area contributed by atoms with Crippen LogP contribution in [-0.2, 0) is 19.6 Å². The number of carbonyl (C=O) groups is 1. The van der Waals surface area contributed by atoms with Crippen molar-refractivity contribution in [1.29, 1.82) is 0 Å². The highest BCUT2D eigenvalue weighted by atomic mass is 32.2. The summed E-state index contributed by atoms with van der Waals surface area (Å²) in [5.41, 5.74) is 6.62. The van der Waals surface area contributed by atoms with Gasteiger partial charge in [0.05, 0.1) is 25.0 Å². The predicted molar refractivity (Wildman–Crippen MR) is 74.3 cm³/mol. The molecule has 19 heavy (non-hydrogen) atoms. The van der Waals surface area contributed by atoms with E-state index in [1.54, 1.807) is 31.2 Å². The van der Waals surface area contributed by atoms with Gasteiger partial charge < -0.3 is 10.5 Å². The summed E-state index contributed by atoms with van der Waals surface area (Å²) >= 11 is 0. The van der Waals surface area contributed by atoms with Crippen molar-refractivity contribution < 1.29 is 17.9 Å². The molecule has 0 aliphatic heterocycles. The zero-order valence-corrected chi connectivity index (χ0v) is 11.8. The lowest BCUT2D eigenvalue weighted by Gasteiger charge is -2.22. The maximum atomic E-state index is 12.2. The molecular weight excluding hydrogens is 268 g/mol. The smallest absolute Gasteiger partial charge is 0.306 e. The fourth-order valence-electron chi connectivity index (χ4n) is 1.64. The largest absolute Gasteiger partial charge is 0.469 e. The lowest BCUT2D eigenvalue weighted by molar-refractivity contribution is -0.140. The van der Waals surface area contributed by atoms with E-state index in [9.17, 15) is 13.2 Å². The van der Waals surface area contributed by atoms with E-state index < -0.39 is 16.0 Å². The molecule has 0 saturated carbocycles. The van der Waals surface area contributed by atoms with E-state index in [2.05, 4.69) is 4.74 Å². The molecule has 0 amide bonds. The van der Waals surface area contributed by atoms with Gasteiger partial charge in [-0.05, 0) is 25.1 Å². The quantitative estimate of drug-likeness (QED) is 0.622. The maximum Gasteiger partial charge on any atom is 0.306 e. The first-order valence-electron chi connectivity index (χ1n) is 5.83. The SMILES string of the molecule is CCN(c1cccc(N)c1)S(=O)(=O)CCC(=O)OC. The second-order valence-electron chi connectivity index (χ2n) is 3.90. The Kier molecular flexibility index (Phi) is 5.17. The van der Waals surface area contributed by atoms with E-state index in [0.717, 1.165) is 0 Å². The maximum absolute atomic E-state index is 12.2. The number of hydrogen-bond acceptors (Lipinski definition) is 5. The fraction of sp³-hybridized carbons (Fsp3) is 0.417. The first kappa shape index (κ1) is 15.3. The minimum absolute atomic E-state index is 0.169. The minimum Gasteiger partial charge on any atom is -0.469 e. The molecule has 0 fully saturated rings. The highest BCUT2D eigenvalue weighted by molar-refractivity contribution is 7.92. The van der Waals surface area contributed by atoms with E-state index in [-0.39, 0.29) is 18.7 Å². The lowest BCUT2D eigenvalue weighted by Crippen LogP contribution is -2.33. The molecule has 0 atom stereocenters. The van der Waals surface area contributed by atoms with E-state index >= 15 is 0 Å². The molecule has 0 aliphatic rings.